The van der Waals surface area contributed by atoms with Gasteiger partial charge in [-0.25, -0.2) is 0 Å². The van der Waals surface area contributed by atoms with Gasteiger partial charge in [0.25, 0.3) is 0 Å². The molecular formula is C13H27N3O. The normalized spacial score (nSPS) is 22.1. The maximum Gasteiger partial charge on any atom is 0.237 e. The summed E-state index contributed by atoms with van der Waals surface area (Å²) >= 11 is 0. The first kappa shape index (κ1) is 14.5. The molecule has 17 heavy (non-hydrogen) atoms. The van der Waals surface area contributed by atoms with Gasteiger partial charge in [0.2, 0.25) is 5.91 Å². The number of hydrogen-bond acceptors (Lipinski definition) is 3. The van der Waals surface area contributed by atoms with Crippen molar-refractivity contribution in [2.75, 3.05) is 33.7 Å². The van der Waals surface area contributed by atoms with Crippen molar-refractivity contribution in [3.05, 3.63) is 0 Å². The van der Waals surface area contributed by atoms with Crippen molar-refractivity contribution >= 4 is 5.91 Å². The molecular weight excluding hydrogens is 214 g/mol. The standard InChI is InChI=1S/C13H27N3O/c1-10(2)12(16(3)4)13(17)15-8-6-11-5-7-14-9-11/h10-12,14H,5-9H2,1-4H3,(H,15,17). The Labute approximate surface area is 105 Å². The van der Waals surface area contributed by atoms with Crippen LogP contribution >= 0.6 is 0 Å². The van der Waals surface area contributed by atoms with Crippen LogP contribution in [0.15, 0.2) is 0 Å². The van der Waals surface area contributed by atoms with Gasteiger partial charge in [-0.2, -0.15) is 0 Å². The Morgan fingerprint density at radius 1 is 1.47 bits per heavy atom. The van der Waals surface area contributed by atoms with E-state index in [2.05, 4.69) is 24.5 Å². The topological polar surface area (TPSA) is 44.4 Å². The molecule has 4 nitrogen and oxygen atoms in total. The molecule has 100 valence electrons. The van der Waals surface area contributed by atoms with E-state index in [0.717, 1.165) is 32.0 Å². The van der Waals surface area contributed by atoms with E-state index < -0.39 is 0 Å². The average Bonchev–Trinajstić information content (AvgIpc) is 2.69. The zero-order valence-corrected chi connectivity index (χ0v) is 11.6. The Hall–Kier alpha value is -0.610. The van der Waals surface area contributed by atoms with Crippen LogP contribution in [-0.4, -0.2) is 50.6 Å². The zero-order chi connectivity index (χ0) is 12.8. The third-order valence-electron chi connectivity index (χ3n) is 3.47. The van der Waals surface area contributed by atoms with Gasteiger partial charge in [-0.3, -0.25) is 9.69 Å². The average molecular weight is 241 g/mol. The first-order chi connectivity index (χ1) is 8.02. The van der Waals surface area contributed by atoms with E-state index in [1.807, 2.05) is 19.0 Å². The van der Waals surface area contributed by atoms with Crippen molar-refractivity contribution in [2.24, 2.45) is 11.8 Å². The molecule has 2 unspecified atom stereocenters. The third kappa shape index (κ3) is 4.64. The van der Waals surface area contributed by atoms with Crippen molar-refractivity contribution in [2.45, 2.75) is 32.7 Å². The second-order valence-electron chi connectivity index (χ2n) is 5.59. The summed E-state index contributed by atoms with van der Waals surface area (Å²) in [5.41, 5.74) is 0. The first-order valence-corrected chi connectivity index (χ1v) is 6.67. The van der Waals surface area contributed by atoms with Crippen LogP contribution < -0.4 is 10.6 Å². The van der Waals surface area contributed by atoms with E-state index in [4.69, 9.17) is 0 Å². The lowest BCUT2D eigenvalue weighted by atomic mass is 10.0. The van der Waals surface area contributed by atoms with Gasteiger partial charge < -0.3 is 10.6 Å². The van der Waals surface area contributed by atoms with Crippen molar-refractivity contribution in [3.8, 4) is 0 Å². The molecule has 0 bridgehead atoms. The van der Waals surface area contributed by atoms with E-state index in [-0.39, 0.29) is 11.9 Å². The van der Waals surface area contributed by atoms with Gasteiger partial charge in [0.05, 0.1) is 6.04 Å². The number of carbonyl (C=O) groups excluding carboxylic acids is 1. The van der Waals surface area contributed by atoms with E-state index in [1.165, 1.54) is 6.42 Å². The summed E-state index contributed by atoms with van der Waals surface area (Å²) in [6.07, 6.45) is 2.34. The molecule has 1 amide bonds. The molecule has 1 aliphatic rings. The molecule has 1 saturated heterocycles. The molecule has 2 N–H and O–H groups in total. The molecule has 2 atom stereocenters. The van der Waals surface area contributed by atoms with E-state index in [1.54, 1.807) is 0 Å². The Balaban J connectivity index is 2.26. The van der Waals surface area contributed by atoms with Crippen molar-refractivity contribution in [1.29, 1.82) is 0 Å². The number of hydrogen-bond donors (Lipinski definition) is 2. The van der Waals surface area contributed by atoms with Crippen LogP contribution in [0.5, 0.6) is 0 Å². The Bertz CT molecular complexity index is 227. The van der Waals surface area contributed by atoms with E-state index in [9.17, 15) is 4.79 Å². The summed E-state index contributed by atoms with van der Waals surface area (Å²) in [4.78, 5) is 14.0. The zero-order valence-electron chi connectivity index (χ0n) is 11.6. The summed E-state index contributed by atoms with van der Waals surface area (Å²) in [6.45, 7) is 7.22. The Morgan fingerprint density at radius 3 is 2.65 bits per heavy atom. The van der Waals surface area contributed by atoms with Crippen LogP contribution in [0.4, 0.5) is 0 Å². The van der Waals surface area contributed by atoms with Gasteiger partial charge >= 0.3 is 0 Å². The number of nitrogens with zero attached hydrogens (tertiary/aromatic N) is 1. The van der Waals surface area contributed by atoms with Crippen LogP contribution in [0.2, 0.25) is 0 Å². The van der Waals surface area contributed by atoms with E-state index >= 15 is 0 Å². The second-order valence-corrected chi connectivity index (χ2v) is 5.59. The molecule has 0 radical (unpaired) electrons. The molecule has 0 aromatic carbocycles. The maximum atomic E-state index is 12.0. The first-order valence-electron chi connectivity index (χ1n) is 6.67. The van der Waals surface area contributed by atoms with Crippen LogP contribution in [-0.2, 0) is 4.79 Å². The molecule has 0 aromatic rings. The minimum Gasteiger partial charge on any atom is -0.355 e. The fourth-order valence-electron chi connectivity index (χ4n) is 2.60. The molecule has 1 aliphatic heterocycles. The summed E-state index contributed by atoms with van der Waals surface area (Å²) in [6, 6.07) is -0.0169. The van der Waals surface area contributed by atoms with Gasteiger partial charge in [-0.05, 0) is 51.9 Å². The number of amides is 1. The number of rotatable bonds is 6. The van der Waals surface area contributed by atoms with Gasteiger partial charge in [0.15, 0.2) is 0 Å². The Kier molecular flexibility index (Phi) is 5.92. The summed E-state index contributed by atoms with van der Waals surface area (Å²) in [5.74, 6) is 1.25. The number of likely N-dealkylation sites (N-methyl/N-ethyl adjacent to an activating group) is 1. The van der Waals surface area contributed by atoms with Crippen LogP contribution in [0.1, 0.15) is 26.7 Å². The predicted octanol–water partition coefficient (Wildman–Crippen LogP) is 0.688. The number of carbonyl (C=O) groups is 1. The lowest BCUT2D eigenvalue weighted by Crippen LogP contribution is -2.47. The lowest BCUT2D eigenvalue weighted by molar-refractivity contribution is -0.126. The molecule has 0 aliphatic carbocycles. The fourth-order valence-corrected chi connectivity index (χ4v) is 2.60. The predicted molar refractivity (Wildman–Crippen MR) is 70.9 cm³/mol. The van der Waals surface area contributed by atoms with Crippen LogP contribution in [0.3, 0.4) is 0 Å². The molecule has 4 heteroatoms. The van der Waals surface area contributed by atoms with Crippen molar-refractivity contribution in [1.82, 2.24) is 15.5 Å². The molecule has 0 aromatic heterocycles. The highest BCUT2D eigenvalue weighted by Gasteiger charge is 2.24. The monoisotopic (exact) mass is 241 g/mol. The van der Waals surface area contributed by atoms with Gasteiger partial charge in [0, 0.05) is 6.54 Å². The SMILES string of the molecule is CC(C)C(C(=O)NCCC1CCNC1)N(C)C. The molecule has 0 spiro atoms. The summed E-state index contributed by atoms with van der Waals surface area (Å²) in [5, 5.41) is 6.41. The highest BCUT2D eigenvalue weighted by molar-refractivity contribution is 5.81. The largest absolute Gasteiger partial charge is 0.355 e. The molecule has 1 heterocycles. The van der Waals surface area contributed by atoms with E-state index in [0.29, 0.717) is 5.92 Å². The minimum absolute atomic E-state index is 0.0169. The van der Waals surface area contributed by atoms with Crippen LogP contribution in [0, 0.1) is 11.8 Å². The molecule has 0 saturated carbocycles. The Morgan fingerprint density at radius 2 is 2.18 bits per heavy atom. The van der Waals surface area contributed by atoms with Crippen molar-refractivity contribution in [3.63, 3.8) is 0 Å². The maximum absolute atomic E-state index is 12.0. The molecule has 1 rings (SSSR count). The fraction of sp³-hybridized carbons (Fsp3) is 0.923. The van der Waals surface area contributed by atoms with Gasteiger partial charge in [0.1, 0.15) is 0 Å². The minimum atomic E-state index is -0.0169. The highest BCUT2D eigenvalue weighted by Crippen LogP contribution is 2.11. The van der Waals surface area contributed by atoms with Crippen molar-refractivity contribution < 1.29 is 4.79 Å². The smallest absolute Gasteiger partial charge is 0.237 e. The second kappa shape index (κ2) is 6.97. The number of nitrogens with one attached hydrogen (secondary N) is 2. The highest BCUT2D eigenvalue weighted by atomic mass is 16.2. The third-order valence-corrected chi connectivity index (χ3v) is 3.47. The van der Waals surface area contributed by atoms with Gasteiger partial charge in [-0.15, -0.1) is 0 Å². The van der Waals surface area contributed by atoms with Crippen LogP contribution in [0.25, 0.3) is 0 Å². The van der Waals surface area contributed by atoms with Gasteiger partial charge in [-0.1, -0.05) is 13.8 Å². The lowest BCUT2D eigenvalue weighted by Gasteiger charge is -2.26. The quantitative estimate of drug-likeness (QED) is 0.719. The molecule has 1 fully saturated rings. The summed E-state index contributed by atoms with van der Waals surface area (Å²) in [7, 11) is 3.93. The summed E-state index contributed by atoms with van der Waals surface area (Å²) < 4.78 is 0.